The molecule has 8 atom stereocenters. The van der Waals surface area contributed by atoms with Gasteiger partial charge in [-0.1, -0.05) is 19.9 Å². The van der Waals surface area contributed by atoms with Gasteiger partial charge in [0.05, 0.1) is 6.10 Å². The minimum absolute atomic E-state index is 0.0148. The van der Waals surface area contributed by atoms with Crippen molar-refractivity contribution in [2.45, 2.75) is 89.8 Å². The largest absolute Gasteiger partial charge is 0.458 e. The van der Waals surface area contributed by atoms with Crippen molar-refractivity contribution in [2.75, 3.05) is 6.61 Å². The number of aliphatic hydroxyl groups excluding tert-OH is 1. The second kappa shape index (κ2) is 8.85. The zero-order valence-corrected chi connectivity index (χ0v) is 21.1. The number of ketones is 2. The fraction of sp³-hybridized carbons (Fsp3) is 0.704. The van der Waals surface area contributed by atoms with Crippen LogP contribution < -0.4 is 0 Å². The summed E-state index contributed by atoms with van der Waals surface area (Å²) in [5, 5.41) is 11.4. The van der Waals surface area contributed by atoms with Crippen molar-refractivity contribution in [3.05, 3.63) is 23.8 Å². The maximum absolute atomic E-state index is 17.2. The topological polar surface area (TPSA) is 107 Å². The van der Waals surface area contributed by atoms with Crippen LogP contribution in [0.4, 0.5) is 8.78 Å². The molecule has 4 aliphatic carbocycles. The van der Waals surface area contributed by atoms with E-state index in [1.54, 1.807) is 13.8 Å². The fourth-order valence-corrected chi connectivity index (χ4v) is 7.61. The Morgan fingerprint density at radius 3 is 2.56 bits per heavy atom. The van der Waals surface area contributed by atoms with Gasteiger partial charge >= 0.3 is 11.9 Å². The third-order valence-electron chi connectivity index (χ3n) is 9.35. The van der Waals surface area contributed by atoms with Crippen LogP contribution in [0.5, 0.6) is 0 Å². The SMILES string of the molecule is CCCC(=O)O[C@]1(C(=O)COC(C)=O)CC[C@@H]2[C@@H]3C[C@@H](F)C4=CC(=O)C=C[C@]4(C)[C@@]3(F)[C@H](O)C[C@]21C. The molecule has 0 spiro atoms. The first-order chi connectivity index (χ1) is 16.8. The van der Waals surface area contributed by atoms with E-state index in [4.69, 9.17) is 9.47 Å². The van der Waals surface area contributed by atoms with Crippen LogP contribution in [0.3, 0.4) is 0 Å². The number of carbonyl (C=O) groups is 4. The van der Waals surface area contributed by atoms with E-state index in [1.807, 2.05) is 0 Å². The molecule has 0 amide bonds. The second-order valence-corrected chi connectivity index (χ2v) is 11.2. The van der Waals surface area contributed by atoms with Gasteiger partial charge in [-0.2, -0.15) is 0 Å². The van der Waals surface area contributed by atoms with E-state index < -0.39 is 76.3 Å². The summed E-state index contributed by atoms with van der Waals surface area (Å²) in [6, 6.07) is 0. The lowest BCUT2D eigenvalue weighted by Crippen LogP contribution is -2.70. The van der Waals surface area contributed by atoms with Gasteiger partial charge in [0, 0.05) is 30.1 Å². The zero-order chi connectivity index (χ0) is 26.7. The van der Waals surface area contributed by atoms with Crippen LogP contribution in [0.2, 0.25) is 0 Å². The molecule has 0 aromatic heterocycles. The van der Waals surface area contributed by atoms with Crippen LogP contribution in [-0.2, 0) is 28.7 Å². The zero-order valence-electron chi connectivity index (χ0n) is 21.1. The quantitative estimate of drug-likeness (QED) is 0.547. The van der Waals surface area contributed by atoms with Crippen LogP contribution in [-0.4, -0.2) is 58.8 Å². The van der Waals surface area contributed by atoms with Crippen LogP contribution in [0.25, 0.3) is 0 Å². The van der Waals surface area contributed by atoms with Gasteiger partial charge in [0.2, 0.25) is 5.78 Å². The minimum Gasteiger partial charge on any atom is -0.458 e. The Morgan fingerprint density at radius 2 is 1.92 bits per heavy atom. The highest BCUT2D eigenvalue weighted by atomic mass is 19.1. The summed E-state index contributed by atoms with van der Waals surface area (Å²) in [4.78, 5) is 49.6. The number of alkyl halides is 2. The molecular weight excluding hydrogens is 474 g/mol. The number of hydrogen-bond donors (Lipinski definition) is 1. The Morgan fingerprint density at radius 1 is 1.22 bits per heavy atom. The van der Waals surface area contributed by atoms with Crippen molar-refractivity contribution in [2.24, 2.45) is 22.7 Å². The molecule has 0 unspecified atom stereocenters. The molecule has 0 aromatic carbocycles. The smallest absolute Gasteiger partial charge is 0.306 e. The molecule has 0 saturated heterocycles. The van der Waals surface area contributed by atoms with E-state index in [0.29, 0.717) is 6.42 Å². The molecule has 4 aliphatic rings. The average Bonchev–Trinajstić information content (AvgIpc) is 3.08. The standard InChI is InChI=1S/C27H34F2O7/c1-5-6-23(34)36-26(22(33)14-35-15(2)30)10-8-17-18-12-20(28)19-11-16(31)7-9-24(19,3)27(18,29)21(32)13-25(17,26)4/h7,9,11,17-18,20-21,32H,5-6,8,10,12-14H2,1-4H3/t17-,18+,20-,21-,24+,25-,26+,27+/m1/s1. The van der Waals surface area contributed by atoms with Crippen molar-refractivity contribution in [1.29, 1.82) is 0 Å². The number of esters is 2. The number of halogens is 2. The van der Waals surface area contributed by atoms with Crippen LogP contribution in [0.1, 0.15) is 66.2 Å². The normalized spacial score (nSPS) is 43.1. The summed E-state index contributed by atoms with van der Waals surface area (Å²) < 4.78 is 43.6. The summed E-state index contributed by atoms with van der Waals surface area (Å²) in [5.74, 6) is -3.96. The van der Waals surface area contributed by atoms with Crippen molar-refractivity contribution in [1.82, 2.24) is 0 Å². The molecule has 7 nitrogen and oxygen atoms in total. The minimum atomic E-state index is -2.30. The van der Waals surface area contributed by atoms with Crippen molar-refractivity contribution in [3.8, 4) is 0 Å². The van der Waals surface area contributed by atoms with Crippen molar-refractivity contribution < 1.29 is 42.5 Å². The highest BCUT2D eigenvalue weighted by Gasteiger charge is 2.76. The molecule has 9 heteroatoms. The number of fused-ring (bicyclic) bond motifs is 5. The highest BCUT2D eigenvalue weighted by Crippen LogP contribution is 2.70. The molecule has 36 heavy (non-hydrogen) atoms. The first-order valence-corrected chi connectivity index (χ1v) is 12.6. The lowest BCUT2D eigenvalue weighted by molar-refractivity contribution is -0.229. The second-order valence-electron chi connectivity index (χ2n) is 11.2. The maximum Gasteiger partial charge on any atom is 0.306 e. The van der Waals surface area contributed by atoms with Gasteiger partial charge in [0.1, 0.15) is 6.17 Å². The van der Waals surface area contributed by atoms with Crippen molar-refractivity contribution >= 4 is 23.5 Å². The van der Waals surface area contributed by atoms with Crippen LogP contribution in [0, 0.1) is 22.7 Å². The number of carbonyl (C=O) groups excluding carboxylic acids is 4. The molecule has 1 N–H and O–H groups in total. The van der Waals surface area contributed by atoms with E-state index >= 15 is 8.78 Å². The number of hydrogen-bond acceptors (Lipinski definition) is 7. The average molecular weight is 509 g/mol. The Hall–Kier alpha value is -2.42. The summed E-state index contributed by atoms with van der Waals surface area (Å²) in [6.45, 7) is 5.50. The van der Waals surface area contributed by atoms with Gasteiger partial charge in [-0.05, 0) is 62.7 Å². The lowest BCUT2D eigenvalue weighted by Gasteiger charge is -2.63. The van der Waals surface area contributed by atoms with Crippen molar-refractivity contribution in [3.63, 3.8) is 0 Å². The fourth-order valence-electron chi connectivity index (χ4n) is 7.61. The first kappa shape index (κ1) is 26.6. The number of rotatable bonds is 6. The maximum atomic E-state index is 17.2. The third-order valence-corrected chi connectivity index (χ3v) is 9.35. The summed E-state index contributed by atoms with van der Waals surface area (Å²) >= 11 is 0. The number of allylic oxidation sites excluding steroid dienone is 4. The third kappa shape index (κ3) is 3.52. The molecular formula is C27H34F2O7. The predicted octanol–water partition coefficient (Wildman–Crippen LogP) is 3.52. The number of aliphatic hydroxyl groups is 1. The summed E-state index contributed by atoms with van der Waals surface area (Å²) in [7, 11) is 0. The van der Waals surface area contributed by atoms with E-state index in [-0.39, 0.29) is 37.7 Å². The van der Waals surface area contributed by atoms with E-state index in [0.717, 1.165) is 13.0 Å². The Balaban J connectivity index is 1.80. The molecule has 3 saturated carbocycles. The number of ether oxygens (including phenoxy) is 2. The summed E-state index contributed by atoms with van der Waals surface area (Å²) in [6.07, 6.45) is 0.783. The molecule has 0 radical (unpaired) electrons. The molecule has 0 bridgehead atoms. The van der Waals surface area contributed by atoms with Gasteiger partial charge in [-0.3, -0.25) is 19.2 Å². The highest BCUT2D eigenvalue weighted by molar-refractivity contribution is 6.01. The molecule has 0 heterocycles. The van der Waals surface area contributed by atoms with E-state index in [2.05, 4.69) is 0 Å². The van der Waals surface area contributed by atoms with Gasteiger partial charge < -0.3 is 14.6 Å². The summed E-state index contributed by atoms with van der Waals surface area (Å²) in [5.41, 5.74) is -6.80. The van der Waals surface area contributed by atoms with Gasteiger partial charge in [-0.25, -0.2) is 8.78 Å². The molecule has 4 rings (SSSR count). The monoisotopic (exact) mass is 508 g/mol. The molecule has 0 aliphatic heterocycles. The van der Waals surface area contributed by atoms with Crippen LogP contribution in [0.15, 0.2) is 23.8 Å². The number of Topliss-reactive ketones (excluding diaryl/α,β-unsaturated/α-hetero) is 1. The van der Waals surface area contributed by atoms with Gasteiger partial charge in [0.15, 0.2) is 23.7 Å². The Labute approximate surface area is 209 Å². The van der Waals surface area contributed by atoms with E-state index in [1.165, 1.54) is 19.1 Å². The van der Waals surface area contributed by atoms with Gasteiger partial charge in [-0.15, -0.1) is 0 Å². The molecule has 198 valence electrons. The Kier molecular flexibility index (Phi) is 6.55. The molecule has 0 aromatic rings. The molecule has 3 fully saturated rings. The first-order valence-electron chi connectivity index (χ1n) is 12.6. The lowest BCUT2D eigenvalue weighted by atomic mass is 9.44. The van der Waals surface area contributed by atoms with E-state index in [9.17, 15) is 24.3 Å². The van der Waals surface area contributed by atoms with Crippen LogP contribution >= 0.6 is 0 Å². The predicted molar refractivity (Wildman–Crippen MR) is 124 cm³/mol. The Bertz CT molecular complexity index is 1050. The van der Waals surface area contributed by atoms with Gasteiger partial charge in [0.25, 0.3) is 0 Å².